The summed E-state index contributed by atoms with van der Waals surface area (Å²) in [6.45, 7) is 3.45. The molecule has 0 aliphatic carbocycles. The van der Waals surface area contributed by atoms with Gasteiger partial charge >= 0.3 is 0 Å². The van der Waals surface area contributed by atoms with Gasteiger partial charge in [0.1, 0.15) is 6.54 Å². The van der Waals surface area contributed by atoms with Gasteiger partial charge in [0.2, 0.25) is 18.6 Å². The normalized spacial score (nSPS) is 11.9. The van der Waals surface area contributed by atoms with Crippen LogP contribution in [0.3, 0.4) is 0 Å². The fourth-order valence-electron chi connectivity index (χ4n) is 2.50. The smallest absolute Gasteiger partial charge is 0.244 e. The van der Waals surface area contributed by atoms with Gasteiger partial charge < -0.3 is 19.7 Å². The fraction of sp³-hybridized carbons (Fsp3) is 0.222. The predicted molar refractivity (Wildman–Crippen MR) is 90.4 cm³/mol. The number of hydrogen-bond donors (Lipinski definition) is 1. The minimum atomic E-state index is -0.270. The summed E-state index contributed by atoms with van der Waals surface area (Å²) in [6, 6.07) is 12.7. The fourth-order valence-corrected chi connectivity index (χ4v) is 2.50. The lowest BCUT2D eigenvalue weighted by Gasteiger charge is -2.21. The molecule has 3 rings (SSSR count). The minimum absolute atomic E-state index is 0.0804. The van der Waals surface area contributed by atoms with Gasteiger partial charge in [0.25, 0.3) is 0 Å². The van der Waals surface area contributed by atoms with Crippen molar-refractivity contribution in [3.8, 4) is 11.5 Å². The van der Waals surface area contributed by atoms with E-state index in [1.165, 1.54) is 11.8 Å². The van der Waals surface area contributed by atoms with Crippen LogP contribution in [0.25, 0.3) is 0 Å². The summed E-state index contributed by atoms with van der Waals surface area (Å²) >= 11 is 0. The zero-order valence-corrected chi connectivity index (χ0v) is 13.5. The van der Waals surface area contributed by atoms with Crippen molar-refractivity contribution in [1.82, 2.24) is 0 Å². The van der Waals surface area contributed by atoms with Crippen LogP contribution in [0, 0.1) is 6.92 Å². The standard InChI is InChI=1S/C18H18N2O4/c1-12-4-3-5-14(8-12)19-18(22)10-20(13(2)21)15-6-7-16-17(9-15)24-11-23-16/h3-9H,10-11H2,1-2H3,(H,19,22). The maximum Gasteiger partial charge on any atom is 0.244 e. The third kappa shape index (κ3) is 3.48. The number of ether oxygens (including phenoxy) is 2. The van der Waals surface area contributed by atoms with Gasteiger partial charge in [-0.1, -0.05) is 12.1 Å². The number of nitrogens with zero attached hydrogens (tertiary/aromatic N) is 1. The molecule has 0 aromatic heterocycles. The molecule has 0 atom stereocenters. The van der Waals surface area contributed by atoms with Crippen LogP contribution in [0.2, 0.25) is 0 Å². The third-order valence-corrected chi connectivity index (χ3v) is 3.65. The Labute approximate surface area is 140 Å². The molecule has 1 N–H and O–H groups in total. The van der Waals surface area contributed by atoms with E-state index in [0.717, 1.165) is 5.56 Å². The molecule has 2 aromatic carbocycles. The van der Waals surface area contributed by atoms with E-state index in [0.29, 0.717) is 22.9 Å². The number of hydrogen-bond acceptors (Lipinski definition) is 4. The van der Waals surface area contributed by atoms with Gasteiger partial charge in [0, 0.05) is 24.4 Å². The summed E-state index contributed by atoms with van der Waals surface area (Å²) in [7, 11) is 0. The number of carbonyl (C=O) groups is 2. The average Bonchev–Trinajstić information content (AvgIpc) is 2.99. The van der Waals surface area contributed by atoms with Gasteiger partial charge in [0.15, 0.2) is 11.5 Å². The Balaban J connectivity index is 1.74. The van der Waals surface area contributed by atoms with E-state index in [9.17, 15) is 9.59 Å². The summed E-state index contributed by atoms with van der Waals surface area (Å²) in [5.41, 5.74) is 2.34. The number of rotatable bonds is 4. The molecule has 0 bridgehead atoms. The molecule has 0 saturated heterocycles. The van der Waals surface area contributed by atoms with Gasteiger partial charge in [-0.3, -0.25) is 9.59 Å². The van der Waals surface area contributed by atoms with Crippen molar-refractivity contribution >= 4 is 23.2 Å². The summed E-state index contributed by atoms with van der Waals surface area (Å²) in [5.74, 6) is 0.700. The van der Waals surface area contributed by atoms with Crippen LogP contribution >= 0.6 is 0 Å². The summed E-state index contributed by atoms with van der Waals surface area (Å²) in [4.78, 5) is 25.6. The third-order valence-electron chi connectivity index (χ3n) is 3.65. The Kier molecular flexibility index (Phi) is 4.37. The molecule has 1 aliphatic heterocycles. The Hall–Kier alpha value is -3.02. The Morgan fingerprint density at radius 2 is 1.92 bits per heavy atom. The summed E-state index contributed by atoms with van der Waals surface area (Å²) in [6.07, 6.45) is 0. The summed E-state index contributed by atoms with van der Waals surface area (Å²) < 4.78 is 10.6. The minimum Gasteiger partial charge on any atom is -0.454 e. The van der Waals surface area contributed by atoms with Crippen LogP contribution in [0.1, 0.15) is 12.5 Å². The topological polar surface area (TPSA) is 67.9 Å². The van der Waals surface area contributed by atoms with Crippen LogP contribution in [0.5, 0.6) is 11.5 Å². The number of anilines is 2. The molecule has 0 fully saturated rings. The van der Waals surface area contributed by atoms with Crippen molar-refractivity contribution in [3.05, 3.63) is 48.0 Å². The quantitative estimate of drug-likeness (QED) is 0.938. The SMILES string of the molecule is CC(=O)N(CC(=O)Nc1cccc(C)c1)c1ccc2c(c1)OCO2. The Bertz CT molecular complexity index is 788. The van der Waals surface area contributed by atoms with Gasteiger partial charge in [0.05, 0.1) is 0 Å². The Morgan fingerprint density at radius 1 is 1.12 bits per heavy atom. The second kappa shape index (κ2) is 6.62. The van der Waals surface area contributed by atoms with Gasteiger partial charge in [-0.2, -0.15) is 0 Å². The van der Waals surface area contributed by atoms with Crippen molar-refractivity contribution in [1.29, 1.82) is 0 Å². The van der Waals surface area contributed by atoms with E-state index in [4.69, 9.17) is 9.47 Å². The number of nitrogens with one attached hydrogen (secondary N) is 1. The van der Waals surface area contributed by atoms with Crippen molar-refractivity contribution in [2.24, 2.45) is 0 Å². The van der Waals surface area contributed by atoms with Crippen molar-refractivity contribution in [2.45, 2.75) is 13.8 Å². The largest absolute Gasteiger partial charge is 0.454 e. The lowest BCUT2D eigenvalue weighted by atomic mass is 10.2. The first-order valence-electron chi connectivity index (χ1n) is 7.57. The van der Waals surface area contributed by atoms with E-state index in [-0.39, 0.29) is 25.2 Å². The van der Waals surface area contributed by atoms with Crippen molar-refractivity contribution < 1.29 is 19.1 Å². The highest BCUT2D eigenvalue weighted by molar-refractivity contribution is 6.02. The first-order chi connectivity index (χ1) is 11.5. The van der Waals surface area contributed by atoms with Crippen LogP contribution in [0.4, 0.5) is 11.4 Å². The Morgan fingerprint density at radius 3 is 2.67 bits per heavy atom. The highest BCUT2D eigenvalue weighted by atomic mass is 16.7. The molecule has 1 aliphatic rings. The van der Waals surface area contributed by atoms with E-state index < -0.39 is 0 Å². The molecular weight excluding hydrogens is 308 g/mol. The molecule has 1 heterocycles. The number of amides is 2. The second-order valence-corrected chi connectivity index (χ2v) is 5.56. The first kappa shape index (κ1) is 15.9. The monoisotopic (exact) mass is 326 g/mol. The molecule has 2 aromatic rings. The zero-order valence-electron chi connectivity index (χ0n) is 13.5. The number of benzene rings is 2. The molecule has 2 amide bonds. The molecule has 6 heteroatoms. The van der Waals surface area contributed by atoms with Crippen LogP contribution < -0.4 is 19.7 Å². The van der Waals surface area contributed by atoms with Crippen LogP contribution in [0.15, 0.2) is 42.5 Å². The maximum absolute atomic E-state index is 12.3. The molecule has 24 heavy (non-hydrogen) atoms. The number of aryl methyl sites for hydroxylation is 1. The van der Waals surface area contributed by atoms with E-state index in [1.54, 1.807) is 18.2 Å². The zero-order chi connectivity index (χ0) is 17.1. The van der Waals surface area contributed by atoms with E-state index in [1.807, 2.05) is 31.2 Å². The van der Waals surface area contributed by atoms with Gasteiger partial charge in [-0.25, -0.2) is 0 Å². The molecule has 0 spiro atoms. The van der Waals surface area contributed by atoms with Crippen LogP contribution in [-0.4, -0.2) is 25.2 Å². The van der Waals surface area contributed by atoms with Crippen molar-refractivity contribution in [3.63, 3.8) is 0 Å². The van der Waals surface area contributed by atoms with Crippen LogP contribution in [-0.2, 0) is 9.59 Å². The van der Waals surface area contributed by atoms with E-state index >= 15 is 0 Å². The molecule has 0 unspecified atom stereocenters. The highest BCUT2D eigenvalue weighted by Crippen LogP contribution is 2.35. The maximum atomic E-state index is 12.3. The first-order valence-corrected chi connectivity index (χ1v) is 7.57. The van der Waals surface area contributed by atoms with E-state index in [2.05, 4.69) is 5.32 Å². The molecule has 6 nitrogen and oxygen atoms in total. The second-order valence-electron chi connectivity index (χ2n) is 5.56. The molecular formula is C18H18N2O4. The van der Waals surface area contributed by atoms with Gasteiger partial charge in [-0.05, 0) is 36.8 Å². The van der Waals surface area contributed by atoms with Gasteiger partial charge in [-0.15, -0.1) is 0 Å². The summed E-state index contributed by atoms with van der Waals surface area (Å²) in [5, 5.41) is 2.80. The predicted octanol–water partition coefficient (Wildman–Crippen LogP) is 2.72. The number of carbonyl (C=O) groups excluding carboxylic acids is 2. The molecule has 0 saturated carbocycles. The lowest BCUT2D eigenvalue weighted by molar-refractivity contribution is -0.120. The molecule has 0 radical (unpaired) electrons. The molecule has 124 valence electrons. The number of fused-ring (bicyclic) bond motifs is 1. The average molecular weight is 326 g/mol. The highest BCUT2D eigenvalue weighted by Gasteiger charge is 2.20. The van der Waals surface area contributed by atoms with Crippen molar-refractivity contribution in [2.75, 3.05) is 23.6 Å². The lowest BCUT2D eigenvalue weighted by Crippen LogP contribution is -2.36.